The second-order valence-electron chi connectivity index (χ2n) is 6.10. The normalized spacial score (nSPS) is 16.9. The minimum absolute atomic E-state index is 0.284. The zero-order valence-electron chi connectivity index (χ0n) is 14.3. The predicted molar refractivity (Wildman–Crippen MR) is 94.0 cm³/mol. The van der Waals surface area contributed by atoms with Crippen molar-refractivity contribution in [2.45, 2.75) is 13.5 Å². The smallest absolute Gasteiger partial charge is 0.244 e. The van der Waals surface area contributed by atoms with Gasteiger partial charge in [0.1, 0.15) is 0 Å². The van der Waals surface area contributed by atoms with Crippen molar-refractivity contribution in [2.75, 3.05) is 49.7 Å². The van der Waals surface area contributed by atoms with E-state index < -0.39 is 0 Å². The van der Waals surface area contributed by atoms with Crippen molar-refractivity contribution in [3.05, 3.63) is 30.0 Å². The van der Waals surface area contributed by atoms with E-state index in [1.54, 1.807) is 6.20 Å². The Morgan fingerprint density at radius 2 is 1.96 bits per heavy atom. The van der Waals surface area contributed by atoms with Crippen molar-refractivity contribution in [2.24, 2.45) is 0 Å². The Hall–Kier alpha value is -2.61. The van der Waals surface area contributed by atoms with Crippen molar-refractivity contribution in [3.63, 3.8) is 0 Å². The minimum atomic E-state index is 0.284. The van der Waals surface area contributed by atoms with E-state index in [2.05, 4.69) is 37.2 Å². The number of aromatic nitrogens is 3. The number of benzene rings is 1. The highest BCUT2D eigenvalue weighted by atomic mass is 16.7. The van der Waals surface area contributed by atoms with Gasteiger partial charge in [0.2, 0.25) is 12.7 Å². The Morgan fingerprint density at radius 1 is 1.12 bits per heavy atom. The van der Waals surface area contributed by atoms with Crippen LogP contribution in [0.1, 0.15) is 12.5 Å². The Labute approximate surface area is 146 Å². The molecule has 1 aromatic carbocycles. The van der Waals surface area contributed by atoms with Crippen molar-refractivity contribution in [1.82, 2.24) is 20.1 Å². The van der Waals surface area contributed by atoms with Crippen LogP contribution in [0, 0.1) is 0 Å². The van der Waals surface area contributed by atoms with Crippen molar-refractivity contribution in [3.8, 4) is 11.5 Å². The number of nitrogens with zero attached hydrogens (tertiary/aromatic N) is 5. The van der Waals surface area contributed by atoms with Gasteiger partial charge in [0.05, 0.1) is 6.20 Å². The molecular weight excluding hydrogens is 320 g/mol. The fourth-order valence-corrected chi connectivity index (χ4v) is 3.05. The molecule has 2 aromatic rings. The lowest BCUT2D eigenvalue weighted by atomic mass is 10.2. The molecule has 0 radical (unpaired) electrons. The Balaban J connectivity index is 1.38. The minimum Gasteiger partial charge on any atom is -0.454 e. The molecule has 8 heteroatoms. The number of anilines is 2. The molecule has 0 spiro atoms. The number of hydrogen-bond donors (Lipinski definition) is 1. The zero-order valence-corrected chi connectivity index (χ0v) is 14.3. The lowest BCUT2D eigenvalue weighted by Gasteiger charge is -2.34. The lowest BCUT2D eigenvalue weighted by molar-refractivity contribution is 0.174. The number of rotatable bonds is 5. The van der Waals surface area contributed by atoms with Crippen LogP contribution in [0.15, 0.2) is 24.4 Å². The van der Waals surface area contributed by atoms with Crippen LogP contribution < -0.4 is 19.7 Å². The SMILES string of the molecule is CCN1CCN(c2cnnc(NCc3ccc4c(c3)OCO4)n2)CC1. The predicted octanol–water partition coefficient (Wildman–Crippen LogP) is 1.35. The lowest BCUT2D eigenvalue weighted by Crippen LogP contribution is -2.46. The van der Waals surface area contributed by atoms with Crippen LogP contribution in [0.5, 0.6) is 11.5 Å². The van der Waals surface area contributed by atoms with E-state index in [4.69, 9.17) is 9.47 Å². The van der Waals surface area contributed by atoms with Crippen LogP contribution in [0.2, 0.25) is 0 Å². The maximum Gasteiger partial charge on any atom is 0.244 e. The average Bonchev–Trinajstić information content (AvgIpc) is 3.14. The van der Waals surface area contributed by atoms with E-state index in [0.717, 1.165) is 55.6 Å². The second kappa shape index (κ2) is 7.10. The third-order valence-electron chi connectivity index (χ3n) is 4.58. The standard InChI is InChI=1S/C17H22N6O2/c1-2-22-5-7-23(8-6-22)16-11-19-21-17(20-16)18-10-13-3-4-14-15(9-13)25-12-24-14/h3-4,9,11H,2,5-8,10,12H2,1H3,(H,18,20,21). The van der Waals surface area contributed by atoms with Crippen molar-refractivity contribution in [1.29, 1.82) is 0 Å². The fourth-order valence-electron chi connectivity index (χ4n) is 3.05. The summed E-state index contributed by atoms with van der Waals surface area (Å²) < 4.78 is 10.7. The largest absolute Gasteiger partial charge is 0.454 e. The van der Waals surface area contributed by atoms with E-state index in [1.807, 2.05) is 18.2 Å². The molecule has 1 saturated heterocycles. The molecule has 1 fully saturated rings. The maximum atomic E-state index is 5.40. The highest BCUT2D eigenvalue weighted by Gasteiger charge is 2.18. The first kappa shape index (κ1) is 15.9. The monoisotopic (exact) mass is 342 g/mol. The number of likely N-dealkylation sites (N-methyl/N-ethyl adjacent to an activating group) is 1. The van der Waals surface area contributed by atoms with E-state index >= 15 is 0 Å². The molecular formula is C17H22N6O2. The third kappa shape index (κ3) is 3.58. The first-order chi connectivity index (χ1) is 12.3. The molecule has 132 valence electrons. The molecule has 0 unspecified atom stereocenters. The number of ether oxygens (including phenoxy) is 2. The summed E-state index contributed by atoms with van der Waals surface area (Å²) in [6.45, 7) is 8.22. The molecule has 8 nitrogen and oxygen atoms in total. The molecule has 3 heterocycles. The van der Waals surface area contributed by atoms with Gasteiger partial charge in [-0.1, -0.05) is 13.0 Å². The van der Waals surface area contributed by atoms with E-state index in [1.165, 1.54) is 0 Å². The quantitative estimate of drug-likeness (QED) is 0.873. The Bertz CT molecular complexity index is 733. The highest BCUT2D eigenvalue weighted by molar-refractivity contribution is 5.46. The highest BCUT2D eigenvalue weighted by Crippen LogP contribution is 2.32. The zero-order chi connectivity index (χ0) is 17.1. The summed E-state index contributed by atoms with van der Waals surface area (Å²) in [5.74, 6) is 2.97. The van der Waals surface area contributed by atoms with Crippen molar-refractivity contribution < 1.29 is 9.47 Å². The Kier molecular flexibility index (Phi) is 4.51. The number of hydrogen-bond acceptors (Lipinski definition) is 8. The van der Waals surface area contributed by atoms with E-state index in [0.29, 0.717) is 12.5 Å². The van der Waals surface area contributed by atoms with Crippen LogP contribution in [0.4, 0.5) is 11.8 Å². The summed E-state index contributed by atoms with van der Waals surface area (Å²) in [5.41, 5.74) is 1.08. The summed E-state index contributed by atoms with van der Waals surface area (Å²) in [4.78, 5) is 9.29. The summed E-state index contributed by atoms with van der Waals surface area (Å²) >= 11 is 0. The van der Waals surface area contributed by atoms with Crippen LogP contribution in [0.25, 0.3) is 0 Å². The van der Waals surface area contributed by atoms with Gasteiger partial charge in [-0.05, 0) is 24.2 Å². The average molecular weight is 342 g/mol. The second-order valence-corrected chi connectivity index (χ2v) is 6.10. The van der Waals surface area contributed by atoms with Gasteiger partial charge in [-0.2, -0.15) is 10.1 Å². The van der Waals surface area contributed by atoms with Gasteiger partial charge in [0.25, 0.3) is 0 Å². The van der Waals surface area contributed by atoms with Gasteiger partial charge in [0.15, 0.2) is 17.3 Å². The molecule has 25 heavy (non-hydrogen) atoms. The number of piperazine rings is 1. The molecule has 2 aliphatic rings. The van der Waals surface area contributed by atoms with Gasteiger partial charge in [-0.3, -0.25) is 0 Å². The molecule has 0 bridgehead atoms. The van der Waals surface area contributed by atoms with Gasteiger partial charge < -0.3 is 24.6 Å². The molecule has 4 rings (SSSR count). The van der Waals surface area contributed by atoms with Crippen LogP contribution >= 0.6 is 0 Å². The first-order valence-corrected chi connectivity index (χ1v) is 8.61. The van der Waals surface area contributed by atoms with E-state index in [-0.39, 0.29) is 6.79 Å². The number of nitrogens with one attached hydrogen (secondary N) is 1. The van der Waals surface area contributed by atoms with E-state index in [9.17, 15) is 0 Å². The summed E-state index contributed by atoms with van der Waals surface area (Å²) in [6, 6.07) is 5.89. The molecule has 0 atom stereocenters. The van der Waals surface area contributed by atoms with Crippen LogP contribution in [-0.2, 0) is 6.54 Å². The van der Waals surface area contributed by atoms with Crippen LogP contribution in [-0.4, -0.2) is 59.6 Å². The maximum absolute atomic E-state index is 5.40. The Morgan fingerprint density at radius 3 is 2.80 bits per heavy atom. The topological polar surface area (TPSA) is 75.6 Å². The molecule has 1 aromatic heterocycles. The van der Waals surface area contributed by atoms with Gasteiger partial charge in [-0.25, -0.2) is 0 Å². The summed E-state index contributed by atoms with van der Waals surface area (Å²) in [6.07, 6.45) is 1.73. The van der Waals surface area contributed by atoms with Gasteiger partial charge >= 0.3 is 0 Å². The molecule has 2 aliphatic heterocycles. The summed E-state index contributed by atoms with van der Waals surface area (Å²) in [5, 5.41) is 11.4. The first-order valence-electron chi connectivity index (χ1n) is 8.61. The molecule has 1 N–H and O–H groups in total. The summed E-state index contributed by atoms with van der Waals surface area (Å²) in [7, 11) is 0. The molecule has 0 aliphatic carbocycles. The van der Waals surface area contributed by atoms with Gasteiger partial charge in [0, 0.05) is 32.7 Å². The third-order valence-corrected chi connectivity index (χ3v) is 4.58. The molecule has 0 saturated carbocycles. The van der Waals surface area contributed by atoms with Gasteiger partial charge in [-0.15, -0.1) is 5.10 Å². The fraction of sp³-hybridized carbons (Fsp3) is 0.471. The molecule has 0 amide bonds. The van der Waals surface area contributed by atoms with Crippen LogP contribution in [0.3, 0.4) is 0 Å². The number of fused-ring (bicyclic) bond motifs is 1. The van der Waals surface area contributed by atoms with Crippen molar-refractivity contribution >= 4 is 11.8 Å².